The van der Waals surface area contributed by atoms with E-state index in [-0.39, 0.29) is 24.5 Å². The Morgan fingerprint density at radius 1 is 1.16 bits per heavy atom. The minimum Gasteiger partial charge on any atom is -0.458 e. The molecule has 202 valence electrons. The number of halogens is 1. The molecule has 0 bridgehead atoms. The fraction of sp³-hybridized carbons (Fsp3) is 0.552. The molecule has 1 aromatic carbocycles. The molecule has 3 heterocycles. The molecule has 1 saturated carbocycles. The Hall–Kier alpha value is -2.84. The minimum absolute atomic E-state index is 0.105. The van der Waals surface area contributed by atoms with Crippen LogP contribution in [0.1, 0.15) is 80.7 Å². The van der Waals surface area contributed by atoms with E-state index in [2.05, 4.69) is 15.1 Å². The van der Waals surface area contributed by atoms with Crippen LogP contribution in [0.5, 0.6) is 0 Å². The van der Waals surface area contributed by atoms with E-state index in [1.54, 1.807) is 18.4 Å². The van der Waals surface area contributed by atoms with Gasteiger partial charge in [-0.25, -0.2) is 9.50 Å². The van der Waals surface area contributed by atoms with E-state index < -0.39 is 23.1 Å². The Morgan fingerprint density at radius 2 is 1.89 bits per heavy atom. The van der Waals surface area contributed by atoms with Crippen molar-refractivity contribution in [1.82, 2.24) is 19.6 Å². The van der Waals surface area contributed by atoms with Crippen LogP contribution >= 0.6 is 11.6 Å². The molecule has 1 aliphatic carbocycles. The van der Waals surface area contributed by atoms with Gasteiger partial charge in [0.2, 0.25) is 0 Å². The number of rotatable bonds is 7. The maximum atomic E-state index is 13.5. The number of hydrogen-bond donors (Lipinski definition) is 1. The van der Waals surface area contributed by atoms with Crippen molar-refractivity contribution in [1.29, 1.82) is 0 Å². The normalized spacial score (nSPS) is 22.8. The molecular weight excluding hydrogens is 504 g/mol. The van der Waals surface area contributed by atoms with E-state index in [4.69, 9.17) is 16.3 Å². The van der Waals surface area contributed by atoms with Gasteiger partial charge in [0.1, 0.15) is 11.5 Å². The number of Topliss-reactive ketones (excluding diaryl/α,β-unsaturated/α-hetero) is 1. The van der Waals surface area contributed by atoms with Crippen LogP contribution in [-0.2, 0) is 32.8 Å². The molecule has 2 aromatic heterocycles. The fourth-order valence-corrected chi connectivity index (χ4v) is 6.55. The molecule has 2 fully saturated rings. The molecule has 38 heavy (non-hydrogen) atoms. The van der Waals surface area contributed by atoms with E-state index in [1.165, 1.54) is 0 Å². The van der Waals surface area contributed by atoms with Crippen LogP contribution in [0.15, 0.2) is 24.3 Å². The van der Waals surface area contributed by atoms with E-state index in [0.717, 1.165) is 42.6 Å². The van der Waals surface area contributed by atoms with E-state index in [0.29, 0.717) is 35.0 Å². The summed E-state index contributed by atoms with van der Waals surface area (Å²) in [6.45, 7) is 7.21. The van der Waals surface area contributed by atoms with Crippen molar-refractivity contribution in [3.05, 3.63) is 57.6 Å². The molecule has 2 unspecified atom stereocenters. The molecule has 0 radical (unpaired) electrons. The first-order chi connectivity index (χ1) is 17.9. The minimum atomic E-state index is -1.04. The number of esters is 1. The van der Waals surface area contributed by atoms with Gasteiger partial charge in [-0.2, -0.15) is 4.98 Å². The van der Waals surface area contributed by atoms with Crippen molar-refractivity contribution in [2.24, 2.45) is 11.8 Å². The Labute approximate surface area is 227 Å². The lowest BCUT2D eigenvalue weighted by Crippen LogP contribution is -2.52. The zero-order valence-electron chi connectivity index (χ0n) is 22.5. The highest BCUT2D eigenvalue weighted by atomic mass is 35.5. The number of nitrogens with zero attached hydrogens (tertiary/aromatic N) is 4. The van der Waals surface area contributed by atoms with Gasteiger partial charge in [0.05, 0.1) is 5.60 Å². The van der Waals surface area contributed by atoms with Crippen LogP contribution in [0.4, 0.5) is 0 Å². The van der Waals surface area contributed by atoms with E-state index in [9.17, 15) is 14.7 Å². The van der Waals surface area contributed by atoms with Gasteiger partial charge >= 0.3 is 5.97 Å². The molecule has 3 aromatic rings. The van der Waals surface area contributed by atoms with Crippen LogP contribution in [0, 0.1) is 25.7 Å². The standard InChI is InChI=1S/C29H35ClN4O4/c1-17-13-18(2)34-27(31-17)32-25(33-34)15-21-24(35)16-29(38-26(21)36,20-7-5-6-8-20)12-11-19-9-10-22(23(30)14-19)28(3,4)37/h9-10,13-14,20-21,37H,5-8,11-12,15-16H2,1-4H3. The second-order valence-electron chi connectivity index (χ2n) is 11.5. The maximum absolute atomic E-state index is 13.5. The number of aromatic nitrogens is 4. The monoisotopic (exact) mass is 538 g/mol. The quantitative estimate of drug-likeness (QED) is 0.338. The fourth-order valence-electron chi connectivity index (χ4n) is 6.12. The molecular formula is C29H35ClN4O4. The summed E-state index contributed by atoms with van der Waals surface area (Å²) in [6.07, 6.45) is 5.52. The van der Waals surface area contributed by atoms with Gasteiger partial charge in [0.25, 0.3) is 5.78 Å². The molecule has 2 atom stereocenters. The summed E-state index contributed by atoms with van der Waals surface area (Å²) in [6, 6.07) is 7.56. The smallest absolute Gasteiger partial charge is 0.317 e. The highest BCUT2D eigenvalue weighted by molar-refractivity contribution is 6.31. The number of ether oxygens (including phenoxy) is 1. The summed E-state index contributed by atoms with van der Waals surface area (Å²) in [5.41, 5.74) is 1.52. The number of hydrogen-bond acceptors (Lipinski definition) is 7. The molecule has 8 nitrogen and oxygen atoms in total. The largest absolute Gasteiger partial charge is 0.458 e. The van der Waals surface area contributed by atoms with Crippen molar-refractivity contribution in [3.63, 3.8) is 0 Å². The molecule has 1 aliphatic heterocycles. The number of ketones is 1. The third-order valence-electron chi connectivity index (χ3n) is 8.13. The number of aliphatic hydroxyl groups is 1. The molecule has 0 spiro atoms. The van der Waals surface area contributed by atoms with Gasteiger partial charge in [-0.05, 0) is 77.0 Å². The van der Waals surface area contributed by atoms with Crippen LogP contribution < -0.4 is 0 Å². The highest BCUT2D eigenvalue weighted by Gasteiger charge is 2.51. The molecule has 1 saturated heterocycles. The maximum Gasteiger partial charge on any atom is 0.317 e. The Bertz CT molecular complexity index is 1370. The first-order valence-corrected chi connectivity index (χ1v) is 13.8. The summed E-state index contributed by atoms with van der Waals surface area (Å²) in [5, 5.41) is 15.3. The van der Waals surface area contributed by atoms with Crippen molar-refractivity contribution in [2.45, 2.75) is 90.3 Å². The van der Waals surface area contributed by atoms with E-state index >= 15 is 0 Å². The van der Waals surface area contributed by atoms with Gasteiger partial charge in [-0.1, -0.05) is 36.6 Å². The first-order valence-electron chi connectivity index (χ1n) is 13.4. The van der Waals surface area contributed by atoms with Crippen LogP contribution in [0.2, 0.25) is 5.02 Å². The summed E-state index contributed by atoms with van der Waals surface area (Å²) >= 11 is 6.47. The van der Waals surface area contributed by atoms with Crippen LogP contribution in [-0.4, -0.2) is 42.0 Å². The summed E-state index contributed by atoms with van der Waals surface area (Å²) < 4.78 is 7.89. The lowest BCUT2D eigenvalue weighted by atomic mass is 9.73. The zero-order valence-corrected chi connectivity index (χ0v) is 23.2. The van der Waals surface area contributed by atoms with Crippen LogP contribution in [0.25, 0.3) is 5.78 Å². The third kappa shape index (κ3) is 5.21. The molecule has 1 N–H and O–H groups in total. The van der Waals surface area contributed by atoms with Gasteiger partial charge in [0.15, 0.2) is 11.6 Å². The molecule has 9 heteroatoms. The summed E-state index contributed by atoms with van der Waals surface area (Å²) in [4.78, 5) is 35.8. The number of benzene rings is 1. The van der Waals surface area contributed by atoms with Crippen molar-refractivity contribution in [3.8, 4) is 0 Å². The predicted molar refractivity (Wildman–Crippen MR) is 143 cm³/mol. The Kier molecular flexibility index (Phi) is 7.07. The number of carbonyl (C=O) groups excluding carboxylic acids is 2. The molecule has 2 aliphatic rings. The average molecular weight is 539 g/mol. The number of cyclic esters (lactones) is 1. The van der Waals surface area contributed by atoms with Crippen LogP contribution in [0.3, 0.4) is 0 Å². The van der Waals surface area contributed by atoms with E-state index in [1.807, 2.05) is 38.1 Å². The van der Waals surface area contributed by atoms with Crippen molar-refractivity contribution >= 4 is 29.1 Å². The molecule has 5 rings (SSSR count). The summed E-state index contributed by atoms with van der Waals surface area (Å²) in [7, 11) is 0. The second kappa shape index (κ2) is 10.0. The average Bonchev–Trinajstić information content (AvgIpc) is 3.50. The Balaban J connectivity index is 1.35. The summed E-state index contributed by atoms with van der Waals surface area (Å²) in [5.74, 6) is -0.471. The predicted octanol–water partition coefficient (Wildman–Crippen LogP) is 4.86. The van der Waals surface area contributed by atoms with Crippen molar-refractivity contribution < 1.29 is 19.4 Å². The van der Waals surface area contributed by atoms with Gasteiger partial charge in [0, 0.05) is 34.8 Å². The SMILES string of the molecule is Cc1cc(C)n2nc(CC3C(=O)CC(CCc4ccc(C(C)(C)O)c(Cl)c4)(C4CCCC4)OC3=O)nc2n1. The first kappa shape index (κ1) is 26.8. The number of fused-ring (bicyclic) bond motifs is 1. The third-order valence-corrected chi connectivity index (χ3v) is 8.44. The lowest BCUT2D eigenvalue weighted by Gasteiger charge is -2.43. The molecule has 0 amide bonds. The topological polar surface area (TPSA) is 107 Å². The second-order valence-corrected chi connectivity index (χ2v) is 11.9. The Morgan fingerprint density at radius 3 is 2.55 bits per heavy atom. The lowest BCUT2D eigenvalue weighted by molar-refractivity contribution is -0.185. The highest BCUT2D eigenvalue weighted by Crippen LogP contribution is 2.45. The van der Waals surface area contributed by atoms with Gasteiger partial charge < -0.3 is 9.84 Å². The number of carbonyl (C=O) groups is 2. The van der Waals surface area contributed by atoms with Crippen molar-refractivity contribution in [2.75, 3.05) is 0 Å². The zero-order chi connectivity index (χ0) is 27.2. The van der Waals surface area contributed by atoms with Gasteiger partial charge in [-0.15, -0.1) is 5.10 Å². The van der Waals surface area contributed by atoms with Gasteiger partial charge in [-0.3, -0.25) is 9.59 Å². The number of aryl methyl sites for hydroxylation is 3.